The van der Waals surface area contributed by atoms with Crippen LogP contribution in [0.25, 0.3) is 0 Å². The van der Waals surface area contributed by atoms with E-state index in [2.05, 4.69) is 10.9 Å². The Hall–Kier alpha value is -0.710. The molecule has 0 aliphatic heterocycles. The van der Waals surface area contributed by atoms with E-state index < -0.39 is 12.6 Å². The number of alkyl halides is 3. The standard InChI is InChI=1S/C6H11F3N2/c1-5(11-10-2)3-4-6(7,8)9/h3,10-11H,4H2,1-2H3/b5-3-. The zero-order valence-electron chi connectivity index (χ0n) is 6.42. The Balaban J connectivity index is 3.73. The first-order valence-electron chi connectivity index (χ1n) is 3.12. The van der Waals surface area contributed by atoms with Crippen LogP contribution in [0.3, 0.4) is 0 Å². The van der Waals surface area contributed by atoms with Gasteiger partial charge in [0.15, 0.2) is 0 Å². The molecule has 0 amide bonds. The molecule has 2 nitrogen and oxygen atoms in total. The van der Waals surface area contributed by atoms with Gasteiger partial charge in [-0.25, -0.2) is 5.43 Å². The fourth-order valence-corrected chi connectivity index (χ4v) is 0.517. The third kappa shape index (κ3) is 7.18. The monoisotopic (exact) mass is 168 g/mol. The van der Waals surface area contributed by atoms with Crippen LogP contribution in [0.2, 0.25) is 0 Å². The molecule has 2 N–H and O–H groups in total. The molecule has 0 heterocycles. The van der Waals surface area contributed by atoms with Crippen LogP contribution in [0.1, 0.15) is 13.3 Å². The second-order valence-electron chi connectivity index (χ2n) is 2.08. The van der Waals surface area contributed by atoms with Crippen molar-refractivity contribution in [1.82, 2.24) is 10.9 Å². The summed E-state index contributed by atoms with van der Waals surface area (Å²) in [4.78, 5) is 0. The van der Waals surface area contributed by atoms with E-state index in [0.717, 1.165) is 6.08 Å². The zero-order chi connectivity index (χ0) is 8.91. The van der Waals surface area contributed by atoms with Gasteiger partial charge in [-0.2, -0.15) is 13.2 Å². The van der Waals surface area contributed by atoms with Crippen LogP contribution in [0.4, 0.5) is 13.2 Å². The van der Waals surface area contributed by atoms with Crippen molar-refractivity contribution in [3.63, 3.8) is 0 Å². The van der Waals surface area contributed by atoms with Crippen molar-refractivity contribution in [3.8, 4) is 0 Å². The SMILES string of the molecule is CNN/C(C)=C\CC(F)(F)F. The summed E-state index contributed by atoms with van der Waals surface area (Å²) in [6, 6.07) is 0. The lowest BCUT2D eigenvalue weighted by Crippen LogP contribution is -2.25. The molecule has 0 spiro atoms. The van der Waals surface area contributed by atoms with E-state index in [1.807, 2.05) is 0 Å². The lowest BCUT2D eigenvalue weighted by Gasteiger charge is -2.05. The van der Waals surface area contributed by atoms with Crippen molar-refractivity contribution >= 4 is 0 Å². The van der Waals surface area contributed by atoms with Gasteiger partial charge < -0.3 is 5.43 Å². The lowest BCUT2D eigenvalue weighted by molar-refractivity contribution is -0.125. The van der Waals surface area contributed by atoms with Crippen LogP contribution in [-0.4, -0.2) is 13.2 Å². The summed E-state index contributed by atoms with van der Waals surface area (Å²) < 4.78 is 34.7. The summed E-state index contributed by atoms with van der Waals surface area (Å²) >= 11 is 0. The molecule has 0 unspecified atom stereocenters. The van der Waals surface area contributed by atoms with Crippen molar-refractivity contribution < 1.29 is 13.2 Å². The Bertz CT molecular complexity index is 139. The van der Waals surface area contributed by atoms with E-state index in [1.165, 1.54) is 0 Å². The van der Waals surface area contributed by atoms with Gasteiger partial charge in [-0.3, -0.25) is 0 Å². The molecule has 0 aromatic rings. The zero-order valence-corrected chi connectivity index (χ0v) is 6.42. The first-order chi connectivity index (χ1) is 4.95. The highest BCUT2D eigenvalue weighted by Crippen LogP contribution is 2.20. The van der Waals surface area contributed by atoms with Gasteiger partial charge in [-0.1, -0.05) is 6.08 Å². The second-order valence-corrected chi connectivity index (χ2v) is 2.08. The van der Waals surface area contributed by atoms with Crippen molar-refractivity contribution in [3.05, 3.63) is 11.8 Å². The lowest BCUT2D eigenvalue weighted by atomic mass is 10.3. The van der Waals surface area contributed by atoms with Gasteiger partial charge in [0.25, 0.3) is 0 Å². The van der Waals surface area contributed by atoms with E-state index in [9.17, 15) is 13.2 Å². The molecular formula is C6H11F3N2. The van der Waals surface area contributed by atoms with Gasteiger partial charge in [0.2, 0.25) is 0 Å². The number of hydrogen-bond acceptors (Lipinski definition) is 2. The van der Waals surface area contributed by atoms with Gasteiger partial charge in [-0.05, 0) is 6.92 Å². The molecule has 0 rings (SSSR count). The van der Waals surface area contributed by atoms with Crippen molar-refractivity contribution in [2.75, 3.05) is 7.05 Å². The Morgan fingerprint density at radius 3 is 2.36 bits per heavy atom. The van der Waals surface area contributed by atoms with Gasteiger partial charge in [0.1, 0.15) is 0 Å². The average molecular weight is 168 g/mol. The maximum absolute atomic E-state index is 11.6. The predicted molar refractivity (Wildman–Crippen MR) is 36.6 cm³/mol. The largest absolute Gasteiger partial charge is 0.392 e. The summed E-state index contributed by atoms with van der Waals surface area (Å²) in [6.07, 6.45) is -3.93. The molecule has 0 radical (unpaired) electrons. The second kappa shape index (κ2) is 4.23. The fraction of sp³-hybridized carbons (Fsp3) is 0.667. The third-order valence-electron chi connectivity index (χ3n) is 0.962. The van der Waals surface area contributed by atoms with Crippen LogP contribution < -0.4 is 10.9 Å². The summed E-state index contributed by atoms with van der Waals surface area (Å²) in [5.41, 5.74) is 5.51. The highest BCUT2D eigenvalue weighted by atomic mass is 19.4. The molecule has 0 atom stereocenters. The molecular weight excluding hydrogens is 157 g/mol. The number of nitrogens with one attached hydrogen (secondary N) is 2. The van der Waals surface area contributed by atoms with Gasteiger partial charge in [0, 0.05) is 12.7 Å². The van der Waals surface area contributed by atoms with Crippen molar-refractivity contribution in [2.45, 2.75) is 19.5 Å². The Kier molecular flexibility index (Phi) is 3.95. The minimum Gasteiger partial charge on any atom is -0.326 e. The number of halogens is 3. The highest BCUT2D eigenvalue weighted by Gasteiger charge is 2.24. The molecule has 0 aliphatic carbocycles. The Morgan fingerprint density at radius 1 is 1.45 bits per heavy atom. The van der Waals surface area contributed by atoms with E-state index in [4.69, 9.17) is 0 Å². The third-order valence-corrected chi connectivity index (χ3v) is 0.962. The molecule has 5 heteroatoms. The minimum atomic E-state index is -4.11. The van der Waals surface area contributed by atoms with Crippen LogP contribution in [0, 0.1) is 0 Å². The molecule has 0 aromatic carbocycles. The Morgan fingerprint density at radius 2 is 2.00 bits per heavy atom. The first-order valence-corrected chi connectivity index (χ1v) is 3.12. The predicted octanol–water partition coefficient (Wildman–Crippen LogP) is 1.57. The molecule has 0 bridgehead atoms. The van der Waals surface area contributed by atoms with Crippen LogP contribution in [-0.2, 0) is 0 Å². The summed E-state index contributed by atoms with van der Waals surface area (Å²) in [7, 11) is 1.59. The highest BCUT2D eigenvalue weighted by molar-refractivity contribution is 4.94. The number of hydrazine groups is 1. The van der Waals surface area contributed by atoms with E-state index in [-0.39, 0.29) is 0 Å². The molecule has 0 aromatic heterocycles. The summed E-state index contributed by atoms with van der Waals surface area (Å²) in [5, 5.41) is 0. The fourth-order valence-electron chi connectivity index (χ4n) is 0.517. The molecule has 0 saturated heterocycles. The van der Waals surface area contributed by atoms with Crippen LogP contribution in [0.15, 0.2) is 11.8 Å². The Labute approximate surface area is 63.4 Å². The molecule has 66 valence electrons. The summed E-state index contributed by atoms with van der Waals surface area (Å²) in [6.45, 7) is 1.56. The number of hydrogen-bond donors (Lipinski definition) is 2. The van der Waals surface area contributed by atoms with Crippen LogP contribution in [0.5, 0.6) is 0 Å². The molecule has 0 aliphatic rings. The quantitative estimate of drug-likeness (QED) is 0.625. The van der Waals surface area contributed by atoms with Crippen LogP contribution >= 0.6 is 0 Å². The maximum Gasteiger partial charge on any atom is 0.392 e. The summed E-state index contributed by atoms with van der Waals surface area (Å²) in [5.74, 6) is 0. The van der Waals surface area contributed by atoms with Gasteiger partial charge in [0.05, 0.1) is 6.42 Å². The average Bonchev–Trinajstić information content (AvgIpc) is 1.83. The van der Waals surface area contributed by atoms with E-state index in [1.54, 1.807) is 14.0 Å². The van der Waals surface area contributed by atoms with Gasteiger partial charge >= 0.3 is 6.18 Å². The smallest absolute Gasteiger partial charge is 0.326 e. The maximum atomic E-state index is 11.6. The molecule has 11 heavy (non-hydrogen) atoms. The van der Waals surface area contributed by atoms with Gasteiger partial charge in [-0.15, -0.1) is 0 Å². The topological polar surface area (TPSA) is 24.1 Å². The normalized spacial score (nSPS) is 13.4. The van der Waals surface area contributed by atoms with E-state index >= 15 is 0 Å². The van der Waals surface area contributed by atoms with Crippen molar-refractivity contribution in [2.24, 2.45) is 0 Å². The van der Waals surface area contributed by atoms with E-state index in [0.29, 0.717) is 5.70 Å². The first kappa shape index (κ1) is 10.3. The minimum absolute atomic E-state index is 0.463. The number of rotatable bonds is 3. The molecule has 0 fully saturated rings. The molecule has 0 saturated carbocycles. The van der Waals surface area contributed by atoms with Crippen molar-refractivity contribution in [1.29, 1.82) is 0 Å². The number of allylic oxidation sites excluding steroid dienone is 2.